The van der Waals surface area contributed by atoms with E-state index >= 15 is 0 Å². The fraction of sp³-hybridized carbons (Fsp3) is 0.600. The summed E-state index contributed by atoms with van der Waals surface area (Å²) in [6.45, 7) is 8.66. The molecule has 19 heavy (non-hydrogen) atoms. The number of rotatable bonds is 6. The van der Waals surface area contributed by atoms with E-state index in [4.69, 9.17) is 4.74 Å². The Labute approximate surface area is 119 Å². The van der Waals surface area contributed by atoms with Crippen molar-refractivity contribution in [1.29, 1.82) is 0 Å². The summed E-state index contributed by atoms with van der Waals surface area (Å²) in [7, 11) is 1.03. The van der Waals surface area contributed by atoms with Crippen molar-refractivity contribution < 1.29 is 8.95 Å². The minimum absolute atomic E-state index is 0.107. The molecule has 0 fully saturated rings. The van der Waals surface area contributed by atoms with Crippen LogP contribution in [0, 0.1) is 0 Å². The van der Waals surface area contributed by atoms with Crippen molar-refractivity contribution in [2.24, 2.45) is 0 Å². The fourth-order valence-electron chi connectivity index (χ4n) is 1.71. The van der Waals surface area contributed by atoms with E-state index in [0.717, 1.165) is 11.3 Å². The zero-order valence-corrected chi connectivity index (χ0v) is 13.3. The summed E-state index contributed by atoms with van der Waals surface area (Å²) in [6, 6.07) is 8.10. The van der Waals surface area contributed by atoms with Crippen molar-refractivity contribution >= 4 is 10.8 Å². The molecule has 0 aromatic heterocycles. The third kappa shape index (κ3) is 4.96. The van der Waals surface area contributed by atoms with Crippen LogP contribution < -0.4 is 10.1 Å². The topological polar surface area (TPSA) is 38.3 Å². The lowest BCUT2D eigenvalue weighted by Crippen LogP contribution is -2.31. The van der Waals surface area contributed by atoms with Gasteiger partial charge in [-0.25, -0.2) is 0 Å². The highest BCUT2D eigenvalue weighted by Crippen LogP contribution is 2.21. The molecular weight excluding hydrogens is 258 g/mol. The number of benzene rings is 1. The van der Waals surface area contributed by atoms with Crippen molar-refractivity contribution in [3.63, 3.8) is 0 Å². The second kappa shape index (κ2) is 7.06. The zero-order chi connectivity index (χ0) is 14.5. The van der Waals surface area contributed by atoms with Gasteiger partial charge in [-0.15, -0.1) is 0 Å². The average molecular weight is 283 g/mol. The van der Waals surface area contributed by atoms with Gasteiger partial charge in [0.15, 0.2) is 0 Å². The Morgan fingerprint density at radius 1 is 1.26 bits per heavy atom. The zero-order valence-electron chi connectivity index (χ0n) is 12.5. The van der Waals surface area contributed by atoms with E-state index in [1.165, 1.54) is 0 Å². The summed E-state index contributed by atoms with van der Waals surface area (Å²) in [5, 5.41) is 3.24. The van der Waals surface area contributed by atoms with Crippen LogP contribution in [0.4, 0.5) is 0 Å². The van der Waals surface area contributed by atoms with Crippen LogP contribution in [-0.2, 0) is 10.8 Å². The lowest BCUT2D eigenvalue weighted by Gasteiger charge is -2.23. The van der Waals surface area contributed by atoms with Crippen LogP contribution >= 0.6 is 0 Å². The Bertz CT molecular complexity index is 409. The van der Waals surface area contributed by atoms with Crippen molar-refractivity contribution in [1.82, 2.24) is 5.32 Å². The van der Waals surface area contributed by atoms with Gasteiger partial charge in [-0.3, -0.25) is 4.21 Å². The number of nitrogens with one attached hydrogen (secondary N) is 1. The Morgan fingerprint density at radius 3 is 2.26 bits per heavy atom. The predicted octanol–water partition coefficient (Wildman–Crippen LogP) is 2.89. The quantitative estimate of drug-likeness (QED) is 0.872. The first-order chi connectivity index (χ1) is 8.88. The van der Waals surface area contributed by atoms with Crippen LogP contribution in [0.5, 0.6) is 5.75 Å². The Kier molecular flexibility index (Phi) is 6.01. The molecule has 1 rings (SSSR count). The largest absolute Gasteiger partial charge is 0.494 e. The minimum atomic E-state index is -0.870. The van der Waals surface area contributed by atoms with Crippen LogP contribution in [0.2, 0.25) is 0 Å². The summed E-state index contributed by atoms with van der Waals surface area (Å²) in [4.78, 5) is 0. The third-order valence-corrected chi connectivity index (χ3v) is 4.95. The van der Waals surface area contributed by atoms with E-state index in [2.05, 4.69) is 5.32 Å². The first-order valence-electron chi connectivity index (χ1n) is 6.67. The number of hydrogen-bond acceptors (Lipinski definition) is 3. The monoisotopic (exact) mass is 283 g/mol. The van der Waals surface area contributed by atoms with E-state index in [0.29, 0.717) is 12.4 Å². The molecule has 0 radical (unpaired) electrons. The minimum Gasteiger partial charge on any atom is -0.494 e. The summed E-state index contributed by atoms with van der Waals surface area (Å²) >= 11 is 0. The van der Waals surface area contributed by atoms with Gasteiger partial charge in [-0.05, 0) is 52.4 Å². The molecule has 0 saturated heterocycles. The maximum atomic E-state index is 12.2. The highest BCUT2D eigenvalue weighted by Gasteiger charge is 2.23. The molecule has 2 atom stereocenters. The Morgan fingerprint density at radius 2 is 1.84 bits per heavy atom. The first-order valence-corrected chi connectivity index (χ1v) is 7.99. The number of ether oxygens (including phenoxy) is 1. The molecule has 4 heteroatoms. The van der Waals surface area contributed by atoms with E-state index in [9.17, 15) is 4.21 Å². The second-order valence-corrected chi connectivity index (χ2v) is 7.72. The summed E-state index contributed by atoms with van der Waals surface area (Å²) in [5.74, 6) is 1.49. The highest BCUT2D eigenvalue weighted by molar-refractivity contribution is 7.86. The third-order valence-electron chi connectivity index (χ3n) is 2.94. The van der Waals surface area contributed by atoms with Gasteiger partial charge in [-0.1, -0.05) is 12.1 Å². The molecule has 0 aliphatic rings. The summed E-state index contributed by atoms with van der Waals surface area (Å²) in [6.07, 6.45) is 0. The highest BCUT2D eigenvalue weighted by atomic mass is 32.2. The van der Waals surface area contributed by atoms with E-state index < -0.39 is 10.8 Å². The lowest BCUT2D eigenvalue weighted by atomic mass is 10.1. The molecule has 0 amide bonds. The van der Waals surface area contributed by atoms with Crippen molar-refractivity contribution in [2.45, 2.75) is 38.5 Å². The van der Waals surface area contributed by atoms with E-state index in [-0.39, 0.29) is 10.8 Å². The van der Waals surface area contributed by atoms with Gasteiger partial charge in [0.05, 0.1) is 6.61 Å². The van der Waals surface area contributed by atoms with Gasteiger partial charge in [0.25, 0.3) is 0 Å². The summed E-state index contributed by atoms with van der Waals surface area (Å²) in [5.41, 5.74) is 1.14. The van der Waals surface area contributed by atoms with Crippen LogP contribution in [0.3, 0.4) is 0 Å². The SMILES string of the molecule is CCOc1ccc(C(CS(=O)C(C)(C)C)NC)cc1. The Hall–Kier alpha value is -0.870. The standard InChI is InChI=1S/C15H25NO2S/c1-6-18-13-9-7-12(8-10-13)14(16-5)11-19(17)15(2,3)4/h7-10,14,16H,6,11H2,1-5H3. The lowest BCUT2D eigenvalue weighted by molar-refractivity contribution is 0.340. The molecule has 0 aliphatic heterocycles. The molecule has 1 N–H and O–H groups in total. The molecule has 1 aromatic rings. The molecule has 0 spiro atoms. The van der Waals surface area contributed by atoms with Crippen molar-refractivity contribution in [2.75, 3.05) is 19.4 Å². The normalized spacial score (nSPS) is 15.0. The van der Waals surface area contributed by atoms with Gasteiger partial charge in [0, 0.05) is 27.3 Å². The smallest absolute Gasteiger partial charge is 0.119 e. The molecule has 108 valence electrons. The molecule has 0 saturated carbocycles. The second-order valence-electron chi connectivity index (χ2n) is 5.47. The van der Waals surface area contributed by atoms with E-state index in [1.807, 2.05) is 59.0 Å². The van der Waals surface area contributed by atoms with Crippen LogP contribution in [0.1, 0.15) is 39.3 Å². The van der Waals surface area contributed by atoms with E-state index in [1.54, 1.807) is 0 Å². The van der Waals surface area contributed by atoms with Gasteiger partial charge in [0.2, 0.25) is 0 Å². The maximum Gasteiger partial charge on any atom is 0.119 e. The molecule has 1 aromatic carbocycles. The number of hydrogen-bond donors (Lipinski definition) is 1. The summed E-state index contributed by atoms with van der Waals surface area (Å²) < 4.78 is 17.5. The van der Waals surface area contributed by atoms with Gasteiger partial charge in [0.1, 0.15) is 5.75 Å². The molecule has 0 bridgehead atoms. The Balaban J connectivity index is 2.77. The molecule has 3 nitrogen and oxygen atoms in total. The van der Waals surface area contributed by atoms with Crippen LogP contribution in [0.25, 0.3) is 0 Å². The van der Waals surface area contributed by atoms with Crippen molar-refractivity contribution in [3.8, 4) is 5.75 Å². The van der Waals surface area contributed by atoms with Crippen LogP contribution in [-0.4, -0.2) is 28.4 Å². The van der Waals surface area contributed by atoms with Crippen molar-refractivity contribution in [3.05, 3.63) is 29.8 Å². The maximum absolute atomic E-state index is 12.2. The molecular formula is C15H25NO2S. The molecule has 0 heterocycles. The fourth-order valence-corrected chi connectivity index (χ4v) is 2.87. The molecule has 0 aliphatic carbocycles. The van der Waals surface area contributed by atoms with Gasteiger partial charge in [-0.2, -0.15) is 0 Å². The first kappa shape index (κ1) is 16.2. The van der Waals surface area contributed by atoms with Crippen LogP contribution in [0.15, 0.2) is 24.3 Å². The average Bonchev–Trinajstić information content (AvgIpc) is 2.36. The van der Waals surface area contributed by atoms with Gasteiger partial charge < -0.3 is 10.1 Å². The van der Waals surface area contributed by atoms with Gasteiger partial charge >= 0.3 is 0 Å². The predicted molar refractivity (Wildman–Crippen MR) is 82.2 cm³/mol. The molecule has 2 unspecified atom stereocenters.